The molecule has 0 saturated heterocycles. The lowest BCUT2D eigenvalue weighted by molar-refractivity contribution is 0.282. The number of hydrogen-bond acceptors (Lipinski definition) is 3. The predicted octanol–water partition coefficient (Wildman–Crippen LogP) is 3.25. The third kappa shape index (κ3) is 3.56. The van der Waals surface area contributed by atoms with Crippen LogP contribution in [0, 0.1) is 13.8 Å². The van der Waals surface area contributed by atoms with Gasteiger partial charge < -0.3 is 5.11 Å². The number of halogens is 1. The van der Waals surface area contributed by atoms with E-state index in [1.54, 1.807) is 38.1 Å². The van der Waals surface area contributed by atoms with Gasteiger partial charge in [-0.1, -0.05) is 29.8 Å². The van der Waals surface area contributed by atoms with Gasteiger partial charge in [0.15, 0.2) is 0 Å². The van der Waals surface area contributed by atoms with Crippen molar-refractivity contribution in [3.05, 3.63) is 58.1 Å². The van der Waals surface area contributed by atoms with Crippen LogP contribution in [-0.2, 0) is 16.6 Å². The second kappa shape index (κ2) is 6.05. The molecule has 0 spiro atoms. The summed E-state index contributed by atoms with van der Waals surface area (Å²) in [5.74, 6) is 0. The summed E-state index contributed by atoms with van der Waals surface area (Å²) in [6.07, 6.45) is 0. The van der Waals surface area contributed by atoms with Crippen LogP contribution in [0.5, 0.6) is 0 Å². The largest absolute Gasteiger partial charge is 0.392 e. The maximum Gasteiger partial charge on any atom is 0.261 e. The van der Waals surface area contributed by atoms with Crippen LogP contribution in [0.25, 0.3) is 0 Å². The smallest absolute Gasteiger partial charge is 0.261 e. The maximum atomic E-state index is 12.4. The Kier molecular flexibility index (Phi) is 4.56. The van der Waals surface area contributed by atoms with Crippen molar-refractivity contribution in [2.75, 3.05) is 4.72 Å². The Hall–Kier alpha value is -1.56. The summed E-state index contributed by atoms with van der Waals surface area (Å²) in [5, 5.41) is 9.54. The van der Waals surface area contributed by atoms with Crippen LogP contribution in [0.4, 0.5) is 5.69 Å². The van der Waals surface area contributed by atoms with E-state index in [1.165, 1.54) is 12.1 Å². The molecule has 21 heavy (non-hydrogen) atoms. The molecule has 0 radical (unpaired) electrons. The molecule has 0 fully saturated rings. The summed E-state index contributed by atoms with van der Waals surface area (Å²) in [4.78, 5) is 0.104. The lowest BCUT2D eigenvalue weighted by Gasteiger charge is -2.12. The highest BCUT2D eigenvalue weighted by Gasteiger charge is 2.16. The van der Waals surface area contributed by atoms with E-state index in [4.69, 9.17) is 16.7 Å². The summed E-state index contributed by atoms with van der Waals surface area (Å²) in [6, 6.07) is 9.71. The Labute approximate surface area is 129 Å². The first kappa shape index (κ1) is 15.8. The quantitative estimate of drug-likeness (QED) is 0.906. The Balaban J connectivity index is 2.39. The zero-order valence-electron chi connectivity index (χ0n) is 11.7. The number of anilines is 1. The van der Waals surface area contributed by atoms with E-state index in [-0.39, 0.29) is 11.5 Å². The SMILES string of the molecule is Cc1ccc(S(=O)(=O)Nc2cc(CO)ccc2C)cc1Cl. The molecule has 2 rings (SSSR count). The summed E-state index contributed by atoms with van der Waals surface area (Å²) in [7, 11) is -3.72. The van der Waals surface area contributed by atoms with Gasteiger partial charge in [-0.2, -0.15) is 0 Å². The number of sulfonamides is 1. The first-order valence-corrected chi connectivity index (χ1v) is 8.19. The van der Waals surface area contributed by atoms with E-state index in [0.717, 1.165) is 11.1 Å². The van der Waals surface area contributed by atoms with Gasteiger partial charge in [0.05, 0.1) is 17.2 Å². The van der Waals surface area contributed by atoms with Crippen LogP contribution in [0.3, 0.4) is 0 Å². The fourth-order valence-corrected chi connectivity index (χ4v) is 3.21. The fraction of sp³-hybridized carbons (Fsp3) is 0.200. The Morgan fingerprint density at radius 1 is 1.10 bits per heavy atom. The highest BCUT2D eigenvalue weighted by Crippen LogP contribution is 2.24. The van der Waals surface area contributed by atoms with Crippen LogP contribution < -0.4 is 4.72 Å². The van der Waals surface area contributed by atoms with Gasteiger partial charge in [0.2, 0.25) is 0 Å². The molecule has 6 heteroatoms. The molecule has 0 bridgehead atoms. The molecule has 0 aliphatic carbocycles. The van der Waals surface area contributed by atoms with Gasteiger partial charge >= 0.3 is 0 Å². The van der Waals surface area contributed by atoms with Crippen LogP contribution >= 0.6 is 11.6 Å². The van der Waals surface area contributed by atoms with E-state index >= 15 is 0 Å². The van der Waals surface area contributed by atoms with Crippen molar-refractivity contribution in [2.24, 2.45) is 0 Å². The van der Waals surface area contributed by atoms with Gasteiger partial charge in [-0.15, -0.1) is 0 Å². The Morgan fingerprint density at radius 3 is 2.38 bits per heavy atom. The molecule has 0 saturated carbocycles. The highest BCUT2D eigenvalue weighted by atomic mass is 35.5. The van der Waals surface area contributed by atoms with Gasteiger partial charge in [0.25, 0.3) is 10.0 Å². The molecule has 0 unspecified atom stereocenters. The summed E-state index contributed by atoms with van der Waals surface area (Å²) < 4.78 is 27.3. The number of benzene rings is 2. The lowest BCUT2D eigenvalue weighted by Crippen LogP contribution is -2.14. The molecule has 0 amide bonds. The second-order valence-corrected chi connectivity index (χ2v) is 6.91. The van der Waals surface area contributed by atoms with Crippen molar-refractivity contribution in [3.63, 3.8) is 0 Å². The molecule has 2 N–H and O–H groups in total. The molecule has 0 aromatic heterocycles. The molecule has 0 aliphatic rings. The number of hydrogen-bond donors (Lipinski definition) is 2. The average Bonchev–Trinajstić information content (AvgIpc) is 2.44. The van der Waals surface area contributed by atoms with Gasteiger partial charge in [0.1, 0.15) is 0 Å². The van der Waals surface area contributed by atoms with E-state index in [2.05, 4.69) is 4.72 Å². The minimum Gasteiger partial charge on any atom is -0.392 e. The molecule has 0 atom stereocenters. The monoisotopic (exact) mass is 325 g/mol. The Morgan fingerprint density at radius 2 is 1.76 bits per heavy atom. The summed E-state index contributed by atoms with van der Waals surface area (Å²) in [6.45, 7) is 3.45. The fourth-order valence-electron chi connectivity index (χ4n) is 1.82. The molecule has 112 valence electrons. The molecular formula is C15H16ClNO3S. The zero-order valence-corrected chi connectivity index (χ0v) is 13.3. The zero-order chi connectivity index (χ0) is 15.6. The normalized spacial score (nSPS) is 11.4. The van der Waals surface area contributed by atoms with Crippen LogP contribution in [0.2, 0.25) is 5.02 Å². The standard InChI is InChI=1S/C15H16ClNO3S/c1-10-4-6-13(8-14(10)16)21(19,20)17-15-7-12(9-18)5-3-11(15)2/h3-8,17-18H,9H2,1-2H3. The average molecular weight is 326 g/mol. The number of rotatable bonds is 4. The maximum absolute atomic E-state index is 12.4. The van der Waals surface area contributed by atoms with Crippen LogP contribution in [-0.4, -0.2) is 13.5 Å². The third-order valence-corrected chi connectivity index (χ3v) is 4.95. The van der Waals surface area contributed by atoms with Crippen molar-refractivity contribution in [1.82, 2.24) is 0 Å². The van der Waals surface area contributed by atoms with Crippen LogP contribution in [0.15, 0.2) is 41.3 Å². The topological polar surface area (TPSA) is 66.4 Å². The van der Waals surface area contributed by atoms with Gasteiger partial charge in [0, 0.05) is 5.02 Å². The lowest BCUT2D eigenvalue weighted by atomic mass is 10.1. The molecule has 2 aromatic rings. The van der Waals surface area contributed by atoms with E-state index in [0.29, 0.717) is 16.3 Å². The van der Waals surface area contributed by atoms with Crippen molar-refractivity contribution in [2.45, 2.75) is 25.3 Å². The molecular weight excluding hydrogens is 310 g/mol. The molecule has 0 aliphatic heterocycles. The third-order valence-electron chi connectivity index (χ3n) is 3.18. The van der Waals surface area contributed by atoms with Crippen molar-refractivity contribution in [3.8, 4) is 0 Å². The highest BCUT2D eigenvalue weighted by molar-refractivity contribution is 7.92. The number of aliphatic hydroxyl groups excluding tert-OH is 1. The van der Waals surface area contributed by atoms with Gasteiger partial charge in [-0.3, -0.25) is 4.72 Å². The molecule has 0 heterocycles. The van der Waals surface area contributed by atoms with Crippen LogP contribution in [0.1, 0.15) is 16.7 Å². The minimum atomic E-state index is -3.72. The summed E-state index contributed by atoms with van der Waals surface area (Å²) >= 11 is 5.98. The second-order valence-electron chi connectivity index (χ2n) is 4.82. The first-order valence-electron chi connectivity index (χ1n) is 6.33. The predicted molar refractivity (Wildman–Crippen MR) is 84.1 cm³/mol. The minimum absolute atomic E-state index is 0.104. The van der Waals surface area contributed by atoms with E-state index < -0.39 is 10.0 Å². The van der Waals surface area contributed by atoms with Crippen molar-refractivity contribution in [1.29, 1.82) is 0 Å². The molecule has 2 aromatic carbocycles. The number of aliphatic hydroxyl groups is 1. The van der Waals surface area contributed by atoms with Crippen molar-refractivity contribution >= 4 is 27.3 Å². The van der Waals surface area contributed by atoms with Gasteiger partial charge in [-0.25, -0.2) is 8.42 Å². The first-order chi connectivity index (χ1) is 9.83. The van der Waals surface area contributed by atoms with Gasteiger partial charge in [-0.05, 0) is 48.7 Å². The number of aryl methyl sites for hydroxylation is 2. The van der Waals surface area contributed by atoms with E-state index in [9.17, 15) is 8.42 Å². The number of nitrogens with one attached hydrogen (secondary N) is 1. The summed E-state index contributed by atoms with van der Waals surface area (Å²) in [5.41, 5.74) is 2.67. The van der Waals surface area contributed by atoms with Crippen molar-refractivity contribution < 1.29 is 13.5 Å². The Bertz CT molecular complexity index is 772. The molecule has 4 nitrogen and oxygen atoms in total. The van der Waals surface area contributed by atoms with E-state index in [1.807, 2.05) is 0 Å².